The number of carbonyl (C=O) groups is 2. The van der Waals surface area contributed by atoms with Crippen LogP contribution in [0.5, 0.6) is 0 Å². The van der Waals surface area contributed by atoms with Gasteiger partial charge in [0.25, 0.3) is 3.79 Å². The van der Waals surface area contributed by atoms with Gasteiger partial charge in [0.05, 0.1) is 12.5 Å². The normalized spacial score (nSPS) is 37.4. The van der Waals surface area contributed by atoms with E-state index in [-0.39, 0.29) is 16.8 Å². The van der Waals surface area contributed by atoms with Gasteiger partial charge in [-0.1, -0.05) is 55.6 Å². The highest BCUT2D eigenvalue weighted by Gasteiger charge is 2.74. The molecule has 2 rings (SSSR count). The zero-order chi connectivity index (χ0) is 16.3. The second-order valence-corrected chi connectivity index (χ2v) is 8.99. The van der Waals surface area contributed by atoms with Gasteiger partial charge in [0.15, 0.2) is 0 Å². The summed E-state index contributed by atoms with van der Waals surface area (Å²) in [6, 6.07) is 0. The van der Waals surface area contributed by atoms with Crippen LogP contribution in [-0.2, 0) is 19.1 Å². The Morgan fingerprint density at radius 2 is 1.71 bits per heavy atom. The summed E-state index contributed by atoms with van der Waals surface area (Å²) in [5.74, 6) is -1.16. The van der Waals surface area contributed by atoms with E-state index < -0.39 is 21.3 Å². The van der Waals surface area contributed by atoms with E-state index in [0.717, 1.165) is 6.42 Å². The predicted molar refractivity (Wildman–Crippen MR) is 80.4 cm³/mol. The summed E-state index contributed by atoms with van der Waals surface area (Å²) in [6.07, 6.45) is 1.40. The molecule has 0 spiro atoms. The van der Waals surface area contributed by atoms with Crippen molar-refractivity contribution >= 4 is 46.7 Å². The zero-order valence-electron chi connectivity index (χ0n) is 12.5. The van der Waals surface area contributed by atoms with E-state index in [1.807, 2.05) is 20.8 Å². The molecule has 2 bridgehead atoms. The molecule has 21 heavy (non-hydrogen) atoms. The minimum absolute atomic E-state index is 0.261. The van der Waals surface area contributed by atoms with Gasteiger partial charge in [0.1, 0.15) is 6.10 Å². The lowest BCUT2D eigenvalue weighted by atomic mass is 9.65. The molecule has 4 nitrogen and oxygen atoms in total. The van der Waals surface area contributed by atoms with Gasteiger partial charge in [-0.3, -0.25) is 4.79 Å². The van der Waals surface area contributed by atoms with Crippen molar-refractivity contribution in [3.8, 4) is 0 Å². The molecule has 0 aromatic heterocycles. The molecule has 7 heteroatoms. The molecule has 2 fully saturated rings. The van der Waals surface area contributed by atoms with Crippen molar-refractivity contribution in [3.63, 3.8) is 0 Å². The molecule has 0 unspecified atom stereocenters. The van der Waals surface area contributed by atoms with Crippen LogP contribution in [0.4, 0.5) is 0 Å². The lowest BCUT2D eigenvalue weighted by Crippen LogP contribution is -2.42. The molecule has 0 amide bonds. The molecule has 0 radical (unpaired) electrons. The van der Waals surface area contributed by atoms with Crippen molar-refractivity contribution in [1.82, 2.24) is 0 Å². The number of hydrogen-bond donors (Lipinski definition) is 0. The fraction of sp³-hybridized carbons (Fsp3) is 0.857. The Morgan fingerprint density at radius 3 is 2.19 bits per heavy atom. The van der Waals surface area contributed by atoms with E-state index in [1.165, 1.54) is 7.11 Å². The Balaban J connectivity index is 2.34. The van der Waals surface area contributed by atoms with E-state index >= 15 is 0 Å². The van der Waals surface area contributed by atoms with E-state index in [0.29, 0.717) is 12.8 Å². The molecule has 3 atom stereocenters. The molecular weight excluding hydrogens is 339 g/mol. The van der Waals surface area contributed by atoms with Gasteiger partial charge in [-0.2, -0.15) is 0 Å². The van der Waals surface area contributed by atoms with Crippen molar-refractivity contribution in [1.29, 1.82) is 0 Å². The number of methoxy groups -OCH3 is 1. The molecule has 0 N–H and O–H groups in total. The molecule has 0 saturated heterocycles. The third-order valence-electron chi connectivity index (χ3n) is 6.00. The maximum Gasteiger partial charge on any atom is 0.358 e. The number of esters is 2. The number of hydrogen-bond acceptors (Lipinski definition) is 4. The molecule has 0 heterocycles. The summed E-state index contributed by atoms with van der Waals surface area (Å²) in [4.78, 5) is 24.2. The van der Waals surface area contributed by atoms with Gasteiger partial charge in [0.2, 0.25) is 0 Å². The van der Waals surface area contributed by atoms with Crippen LogP contribution in [0.1, 0.15) is 40.0 Å². The van der Waals surface area contributed by atoms with E-state index in [4.69, 9.17) is 44.3 Å². The topological polar surface area (TPSA) is 52.6 Å². The van der Waals surface area contributed by atoms with Gasteiger partial charge >= 0.3 is 11.9 Å². The van der Waals surface area contributed by atoms with Crippen molar-refractivity contribution in [3.05, 3.63) is 0 Å². The molecule has 2 saturated carbocycles. The molecular formula is C14H19Cl3O4. The summed E-state index contributed by atoms with van der Waals surface area (Å²) >= 11 is 16.7. The Kier molecular flexibility index (Phi) is 4.01. The lowest BCUT2D eigenvalue weighted by molar-refractivity contribution is -0.160. The second-order valence-electron chi connectivity index (χ2n) is 6.71. The highest BCUT2D eigenvalue weighted by molar-refractivity contribution is 6.75. The Morgan fingerprint density at radius 1 is 1.14 bits per heavy atom. The van der Waals surface area contributed by atoms with Crippen LogP contribution in [0, 0.1) is 16.2 Å². The van der Waals surface area contributed by atoms with Crippen LogP contribution in [-0.4, -0.2) is 28.9 Å². The fourth-order valence-corrected chi connectivity index (χ4v) is 4.24. The highest BCUT2D eigenvalue weighted by atomic mass is 35.6. The minimum atomic E-state index is -2.11. The van der Waals surface area contributed by atoms with Gasteiger partial charge in [-0.05, 0) is 18.3 Å². The Hall–Kier alpha value is -0.190. The van der Waals surface area contributed by atoms with E-state index in [2.05, 4.69) is 0 Å². The number of fused-ring (bicyclic) bond motifs is 2. The van der Waals surface area contributed by atoms with Crippen molar-refractivity contribution < 1.29 is 19.1 Å². The van der Waals surface area contributed by atoms with Crippen molar-refractivity contribution in [2.75, 3.05) is 7.11 Å². The number of alkyl halides is 3. The van der Waals surface area contributed by atoms with Crippen LogP contribution in [0.2, 0.25) is 0 Å². The molecule has 0 aliphatic heterocycles. The summed E-state index contributed by atoms with van der Waals surface area (Å²) in [5.41, 5.74) is -1.38. The third kappa shape index (κ3) is 2.17. The first kappa shape index (κ1) is 17.2. The second kappa shape index (κ2) is 4.90. The van der Waals surface area contributed by atoms with Gasteiger partial charge < -0.3 is 9.47 Å². The molecule has 120 valence electrons. The van der Waals surface area contributed by atoms with Crippen molar-refractivity contribution in [2.45, 2.75) is 49.9 Å². The summed E-state index contributed by atoms with van der Waals surface area (Å²) in [5, 5.41) is 0. The Labute approximate surface area is 139 Å². The van der Waals surface area contributed by atoms with Crippen LogP contribution in [0.3, 0.4) is 0 Å². The molecule has 0 aromatic rings. The standard InChI is InChI=1S/C14H19Cl3O4/c1-11(2)12(3)5-6-13(11,9(18)20-4)7-8(12)21-10(19)14(15,16)17/h8H,5-7H2,1-4H3/t8-,12-,13+/m1/s1. The number of halogens is 3. The first-order valence-electron chi connectivity index (χ1n) is 6.78. The van der Waals surface area contributed by atoms with Gasteiger partial charge in [0, 0.05) is 11.8 Å². The van der Waals surface area contributed by atoms with E-state index in [1.54, 1.807) is 0 Å². The van der Waals surface area contributed by atoms with Crippen LogP contribution < -0.4 is 0 Å². The van der Waals surface area contributed by atoms with Gasteiger partial charge in [-0.15, -0.1) is 0 Å². The smallest absolute Gasteiger partial charge is 0.358 e. The first-order valence-corrected chi connectivity index (χ1v) is 7.92. The first-order chi connectivity index (χ1) is 9.42. The average Bonchev–Trinajstić information content (AvgIpc) is 2.67. The summed E-state index contributed by atoms with van der Waals surface area (Å²) in [6.45, 7) is 6.04. The lowest BCUT2D eigenvalue weighted by Gasteiger charge is -2.40. The monoisotopic (exact) mass is 356 g/mol. The molecule has 2 aliphatic carbocycles. The van der Waals surface area contributed by atoms with Crippen LogP contribution in [0.25, 0.3) is 0 Å². The number of ether oxygens (including phenoxy) is 2. The minimum Gasteiger partial charge on any atom is -0.469 e. The average molecular weight is 358 g/mol. The maximum absolute atomic E-state index is 12.3. The quantitative estimate of drug-likeness (QED) is 0.559. The number of carbonyl (C=O) groups excluding carboxylic acids is 2. The fourth-order valence-electron chi connectivity index (χ4n) is 4.11. The number of rotatable bonds is 2. The molecule has 2 aliphatic rings. The maximum atomic E-state index is 12.3. The largest absolute Gasteiger partial charge is 0.469 e. The van der Waals surface area contributed by atoms with E-state index in [9.17, 15) is 9.59 Å². The van der Waals surface area contributed by atoms with Crippen molar-refractivity contribution in [2.24, 2.45) is 16.2 Å². The summed E-state index contributed by atoms with van der Waals surface area (Å²) < 4.78 is 8.31. The van der Waals surface area contributed by atoms with Crippen LogP contribution >= 0.6 is 34.8 Å². The Bertz CT molecular complexity index is 485. The van der Waals surface area contributed by atoms with Crippen LogP contribution in [0.15, 0.2) is 0 Å². The SMILES string of the molecule is COC(=O)[C@]12CC[C@](C)([C@H](OC(=O)C(Cl)(Cl)Cl)C1)C2(C)C. The highest BCUT2D eigenvalue weighted by Crippen LogP contribution is 2.73. The predicted octanol–water partition coefficient (Wildman–Crippen LogP) is 3.66. The molecule has 0 aromatic carbocycles. The van der Waals surface area contributed by atoms with Gasteiger partial charge in [-0.25, -0.2) is 4.79 Å². The zero-order valence-corrected chi connectivity index (χ0v) is 14.7. The summed E-state index contributed by atoms with van der Waals surface area (Å²) in [7, 11) is 1.38. The third-order valence-corrected chi connectivity index (χ3v) is 6.46.